The number of esters is 1. The molecule has 1 fully saturated rings. The maximum absolute atomic E-state index is 12.9. The molecule has 0 radical (unpaired) electrons. The molecule has 3 heteroatoms. The first-order valence-corrected chi connectivity index (χ1v) is 8.32. The van der Waals surface area contributed by atoms with Gasteiger partial charge in [-0.05, 0) is 41.5 Å². The van der Waals surface area contributed by atoms with Gasteiger partial charge in [-0.1, -0.05) is 60.7 Å². The number of methoxy groups -OCH3 is 1. The fraction of sp³-hybridized carbons (Fsp3) is 0.286. The van der Waals surface area contributed by atoms with Crippen molar-refractivity contribution < 1.29 is 14.6 Å². The summed E-state index contributed by atoms with van der Waals surface area (Å²) in [6.07, 6.45) is 2.38. The molecule has 24 heavy (non-hydrogen) atoms. The Morgan fingerprint density at radius 3 is 2.08 bits per heavy atom. The molecule has 0 bridgehead atoms. The van der Waals surface area contributed by atoms with Gasteiger partial charge in [-0.25, -0.2) is 0 Å². The molecule has 1 atom stereocenters. The van der Waals surface area contributed by atoms with E-state index in [4.69, 9.17) is 4.74 Å². The van der Waals surface area contributed by atoms with E-state index in [-0.39, 0.29) is 5.97 Å². The highest BCUT2D eigenvalue weighted by molar-refractivity contribution is 6.16. The average Bonchev–Trinajstić information content (AvgIpc) is 3.32. The van der Waals surface area contributed by atoms with Crippen LogP contribution in [0.15, 0.2) is 66.2 Å². The van der Waals surface area contributed by atoms with Crippen LogP contribution in [0, 0.1) is 0 Å². The minimum atomic E-state index is -0.952. The Bertz CT molecular complexity index is 803. The largest absolute Gasteiger partial charge is 0.468 e. The quantitative estimate of drug-likeness (QED) is 0.877. The molecular formula is C21H20O3. The van der Waals surface area contributed by atoms with E-state index in [1.54, 1.807) is 0 Å². The van der Waals surface area contributed by atoms with E-state index in [9.17, 15) is 9.90 Å². The van der Waals surface area contributed by atoms with Crippen LogP contribution in [-0.4, -0.2) is 23.8 Å². The summed E-state index contributed by atoms with van der Waals surface area (Å²) in [5, 5.41) is 11.1. The maximum atomic E-state index is 12.9. The van der Waals surface area contributed by atoms with Crippen molar-refractivity contribution in [2.45, 2.75) is 30.3 Å². The van der Waals surface area contributed by atoms with E-state index in [1.807, 2.05) is 60.7 Å². The van der Waals surface area contributed by atoms with Gasteiger partial charge >= 0.3 is 5.97 Å². The average molecular weight is 320 g/mol. The third-order valence-electron chi connectivity index (χ3n) is 5.34. The van der Waals surface area contributed by atoms with Gasteiger partial charge in [-0.2, -0.15) is 0 Å². The number of hydrogen-bond acceptors (Lipinski definition) is 3. The number of aliphatic hydroxyl groups is 1. The molecule has 0 saturated heterocycles. The Morgan fingerprint density at radius 2 is 1.58 bits per heavy atom. The highest BCUT2D eigenvalue weighted by Crippen LogP contribution is 2.67. The van der Waals surface area contributed by atoms with Crippen LogP contribution in [0.5, 0.6) is 0 Å². The van der Waals surface area contributed by atoms with E-state index in [0.717, 1.165) is 28.7 Å². The number of hydrogen-bond donors (Lipinski definition) is 1. The second-order valence-corrected chi connectivity index (χ2v) is 6.61. The third kappa shape index (κ3) is 1.91. The van der Waals surface area contributed by atoms with Gasteiger partial charge in [0, 0.05) is 0 Å². The number of carbonyl (C=O) groups is 1. The third-order valence-corrected chi connectivity index (χ3v) is 5.34. The second kappa shape index (κ2) is 5.32. The molecule has 1 N–H and O–H groups in total. The molecule has 0 heterocycles. The molecule has 2 aliphatic rings. The van der Waals surface area contributed by atoms with Crippen LogP contribution >= 0.6 is 0 Å². The van der Waals surface area contributed by atoms with Gasteiger partial charge in [-0.15, -0.1) is 0 Å². The first-order valence-electron chi connectivity index (χ1n) is 8.32. The highest BCUT2D eigenvalue weighted by Gasteiger charge is 2.68. The van der Waals surface area contributed by atoms with Gasteiger partial charge in [-0.3, -0.25) is 4.79 Å². The van der Waals surface area contributed by atoms with Gasteiger partial charge < -0.3 is 9.84 Å². The molecular weight excluding hydrogens is 300 g/mol. The van der Waals surface area contributed by atoms with Crippen molar-refractivity contribution >= 4 is 11.5 Å². The van der Waals surface area contributed by atoms with Crippen molar-refractivity contribution in [2.75, 3.05) is 7.11 Å². The summed E-state index contributed by atoms with van der Waals surface area (Å²) in [6, 6.07) is 19.5. The summed E-state index contributed by atoms with van der Waals surface area (Å²) in [7, 11) is 1.41. The lowest BCUT2D eigenvalue weighted by molar-refractivity contribution is -0.143. The van der Waals surface area contributed by atoms with Crippen molar-refractivity contribution in [1.82, 2.24) is 0 Å². The summed E-state index contributed by atoms with van der Waals surface area (Å²) in [5.41, 5.74) is 1.73. The van der Waals surface area contributed by atoms with E-state index in [2.05, 4.69) is 0 Å². The van der Waals surface area contributed by atoms with E-state index < -0.39 is 11.0 Å². The fourth-order valence-electron chi connectivity index (χ4n) is 4.04. The fourth-order valence-corrected chi connectivity index (χ4v) is 4.04. The minimum absolute atomic E-state index is 0.317. The second-order valence-electron chi connectivity index (χ2n) is 6.61. The van der Waals surface area contributed by atoms with Crippen LogP contribution in [0.25, 0.3) is 5.57 Å². The Hall–Kier alpha value is -2.39. The predicted molar refractivity (Wildman–Crippen MR) is 92.3 cm³/mol. The molecule has 122 valence electrons. The Kier molecular flexibility index (Phi) is 3.36. The van der Waals surface area contributed by atoms with Gasteiger partial charge in [0.15, 0.2) is 0 Å². The molecule has 1 saturated carbocycles. The summed E-state index contributed by atoms with van der Waals surface area (Å²) in [6.45, 7) is 0. The molecule has 2 aromatic carbocycles. The van der Waals surface area contributed by atoms with Crippen molar-refractivity contribution in [2.24, 2.45) is 0 Å². The first kappa shape index (κ1) is 15.2. The van der Waals surface area contributed by atoms with Crippen LogP contribution < -0.4 is 0 Å². The molecule has 0 aliphatic heterocycles. The zero-order valence-corrected chi connectivity index (χ0v) is 13.7. The summed E-state index contributed by atoms with van der Waals surface area (Å²) in [5.74, 6) is -0.317. The predicted octanol–water partition coefficient (Wildman–Crippen LogP) is 3.48. The van der Waals surface area contributed by atoms with Crippen molar-refractivity contribution in [3.05, 3.63) is 77.4 Å². The Labute approximate surface area is 141 Å². The topological polar surface area (TPSA) is 46.5 Å². The van der Waals surface area contributed by atoms with Gasteiger partial charge in [0.2, 0.25) is 0 Å². The van der Waals surface area contributed by atoms with Crippen molar-refractivity contribution in [1.29, 1.82) is 0 Å². The van der Waals surface area contributed by atoms with Crippen molar-refractivity contribution in [3.63, 3.8) is 0 Å². The zero-order chi connectivity index (χ0) is 16.8. The Morgan fingerprint density at radius 1 is 1.00 bits per heavy atom. The van der Waals surface area contributed by atoms with E-state index in [1.165, 1.54) is 7.11 Å². The van der Waals surface area contributed by atoms with Crippen LogP contribution in [-0.2, 0) is 14.9 Å². The van der Waals surface area contributed by atoms with Crippen LogP contribution in [0.1, 0.15) is 30.4 Å². The van der Waals surface area contributed by atoms with E-state index >= 15 is 0 Å². The van der Waals surface area contributed by atoms with Crippen LogP contribution in [0.2, 0.25) is 0 Å². The lowest BCUT2D eigenvalue weighted by atomic mass is 9.72. The smallest absolute Gasteiger partial charge is 0.325 e. The lowest BCUT2D eigenvalue weighted by Crippen LogP contribution is -2.42. The van der Waals surface area contributed by atoms with Gasteiger partial charge in [0.05, 0.1) is 12.7 Å². The first-order chi connectivity index (χ1) is 11.6. The molecule has 2 aromatic rings. The number of ether oxygens (including phenoxy) is 1. The lowest BCUT2D eigenvalue weighted by Gasteiger charge is -2.37. The van der Waals surface area contributed by atoms with Crippen LogP contribution in [0.3, 0.4) is 0 Å². The summed E-state index contributed by atoms with van der Waals surface area (Å²) < 4.78 is 5.19. The number of benzene rings is 2. The highest BCUT2D eigenvalue weighted by atomic mass is 16.5. The number of rotatable bonds is 4. The van der Waals surface area contributed by atoms with Gasteiger partial charge in [0.25, 0.3) is 0 Å². The molecule has 0 amide bonds. The normalized spacial score (nSPS) is 24.2. The SMILES string of the molecule is COC(=O)C1(c2ccccc2)C(c2ccccc2)=C1C1(O)CCC1. The standard InChI is InChI=1S/C21H20O3/c1-24-19(22)21(16-11-6-3-7-12-16)17(15-9-4-2-5-10-15)18(21)20(23)13-8-14-20/h2-7,9-12,23H,8,13-14H2,1H3. The molecule has 4 rings (SSSR count). The molecule has 3 nitrogen and oxygen atoms in total. The van der Waals surface area contributed by atoms with E-state index in [0.29, 0.717) is 12.8 Å². The molecule has 1 unspecified atom stereocenters. The summed E-state index contributed by atoms with van der Waals surface area (Å²) >= 11 is 0. The monoisotopic (exact) mass is 320 g/mol. The van der Waals surface area contributed by atoms with Gasteiger partial charge in [0.1, 0.15) is 5.41 Å². The number of carbonyl (C=O) groups excluding carboxylic acids is 1. The summed E-state index contributed by atoms with van der Waals surface area (Å²) in [4.78, 5) is 12.9. The van der Waals surface area contributed by atoms with Crippen molar-refractivity contribution in [3.8, 4) is 0 Å². The Balaban J connectivity index is 1.92. The van der Waals surface area contributed by atoms with Crippen LogP contribution in [0.4, 0.5) is 0 Å². The minimum Gasteiger partial charge on any atom is -0.468 e. The molecule has 0 aromatic heterocycles. The maximum Gasteiger partial charge on any atom is 0.325 e. The molecule has 2 aliphatic carbocycles. The molecule has 0 spiro atoms. The zero-order valence-electron chi connectivity index (χ0n) is 13.7.